The highest BCUT2D eigenvalue weighted by molar-refractivity contribution is 6.31. The third kappa shape index (κ3) is 3.70. The van der Waals surface area contributed by atoms with Crippen LogP contribution in [-0.4, -0.2) is 63.1 Å². The maximum atomic E-state index is 14.1. The highest BCUT2D eigenvalue weighted by Gasteiger charge is 2.35. The van der Waals surface area contributed by atoms with Gasteiger partial charge in [-0.15, -0.1) is 0 Å². The van der Waals surface area contributed by atoms with Crippen molar-refractivity contribution in [2.24, 2.45) is 0 Å². The molecule has 2 aromatic rings. The van der Waals surface area contributed by atoms with Crippen molar-refractivity contribution in [3.63, 3.8) is 0 Å². The van der Waals surface area contributed by atoms with Gasteiger partial charge in [-0.2, -0.15) is 5.10 Å². The molecule has 1 atom stereocenters. The van der Waals surface area contributed by atoms with E-state index in [-0.39, 0.29) is 31.9 Å². The Labute approximate surface area is 178 Å². The van der Waals surface area contributed by atoms with E-state index in [1.54, 1.807) is 0 Å². The molecule has 2 N–H and O–H groups in total. The zero-order chi connectivity index (χ0) is 22.4. The number of carbonyl (C=O) groups excluding carboxylic acids is 2. The fraction of sp³-hybridized carbons (Fsp3) is 0.389. The molecule has 4 rings (SSSR count). The van der Waals surface area contributed by atoms with Crippen LogP contribution in [0.15, 0.2) is 6.07 Å². The van der Waals surface area contributed by atoms with E-state index in [0.29, 0.717) is 23.7 Å². The van der Waals surface area contributed by atoms with Gasteiger partial charge in [0.15, 0.2) is 17.5 Å². The monoisotopic (exact) mass is 459 g/mol. The Hall–Kier alpha value is -2.83. The highest BCUT2D eigenvalue weighted by atomic mass is 35.5. The van der Waals surface area contributed by atoms with Crippen LogP contribution in [0.5, 0.6) is 0 Å². The first-order valence-electron chi connectivity index (χ1n) is 9.24. The van der Waals surface area contributed by atoms with E-state index >= 15 is 0 Å². The van der Waals surface area contributed by atoms with Gasteiger partial charge in [0, 0.05) is 31.6 Å². The Balaban J connectivity index is 1.59. The van der Waals surface area contributed by atoms with Gasteiger partial charge in [0.1, 0.15) is 16.8 Å². The standard InChI is InChI=1S/C18H17ClF3N5O4/c1-25-17(29)16-9-6-26(3-2-11(9)24-27(16)5-8(7-28)31-25)18(30)23-12-4-10(20)14(21)13(19)15(12)22/h4,8,28H,2-3,5-7H2,1H3,(H,23,30)/t8-/m0/s1. The number of nitrogens with zero attached hydrogens (tertiary/aromatic N) is 4. The minimum absolute atomic E-state index is 0.0289. The van der Waals surface area contributed by atoms with Crippen LogP contribution in [0.4, 0.5) is 23.7 Å². The number of hydrogen-bond donors (Lipinski definition) is 2. The predicted octanol–water partition coefficient (Wildman–Crippen LogP) is 1.92. The zero-order valence-electron chi connectivity index (χ0n) is 16.2. The Morgan fingerprint density at radius 1 is 1.39 bits per heavy atom. The van der Waals surface area contributed by atoms with Gasteiger partial charge >= 0.3 is 6.03 Å². The maximum absolute atomic E-state index is 14.1. The molecule has 0 spiro atoms. The molecule has 2 aliphatic rings. The fourth-order valence-electron chi connectivity index (χ4n) is 3.57. The number of hydroxylamine groups is 2. The van der Waals surface area contributed by atoms with E-state index in [1.165, 1.54) is 16.6 Å². The minimum Gasteiger partial charge on any atom is -0.393 e. The lowest BCUT2D eigenvalue weighted by atomic mass is 10.1. The molecular formula is C18H17ClF3N5O4. The lowest BCUT2D eigenvalue weighted by Gasteiger charge is -2.27. The maximum Gasteiger partial charge on any atom is 0.322 e. The van der Waals surface area contributed by atoms with Crippen molar-refractivity contribution in [1.82, 2.24) is 19.7 Å². The van der Waals surface area contributed by atoms with Crippen molar-refractivity contribution >= 4 is 29.2 Å². The van der Waals surface area contributed by atoms with Crippen molar-refractivity contribution in [2.75, 3.05) is 25.5 Å². The van der Waals surface area contributed by atoms with E-state index in [1.807, 2.05) is 0 Å². The molecule has 0 unspecified atom stereocenters. The van der Waals surface area contributed by atoms with Crippen LogP contribution in [0.3, 0.4) is 0 Å². The second-order valence-corrected chi connectivity index (χ2v) is 7.50. The summed E-state index contributed by atoms with van der Waals surface area (Å²) < 4.78 is 42.5. The van der Waals surface area contributed by atoms with Crippen LogP contribution in [0.25, 0.3) is 0 Å². The number of aliphatic hydroxyl groups excluding tert-OH is 1. The van der Waals surface area contributed by atoms with Crippen LogP contribution in [-0.2, 0) is 24.3 Å². The second kappa shape index (κ2) is 8.02. The summed E-state index contributed by atoms with van der Waals surface area (Å²) in [6.45, 7) is -0.0185. The van der Waals surface area contributed by atoms with Gasteiger partial charge in [0.25, 0.3) is 5.91 Å². The number of aliphatic hydroxyl groups is 1. The molecule has 1 aromatic heterocycles. The first-order chi connectivity index (χ1) is 14.7. The topological polar surface area (TPSA) is 99.9 Å². The van der Waals surface area contributed by atoms with Gasteiger partial charge in [0.2, 0.25) is 0 Å². The number of aromatic nitrogens is 2. The van der Waals surface area contributed by atoms with E-state index in [2.05, 4.69) is 10.4 Å². The summed E-state index contributed by atoms with van der Waals surface area (Å²) in [5.74, 6) is -4.74. The van der Waals surface area contributed by atoms with Gasteiger partial charge in [0.05, 0.1) is 31.1 Å². The Morgan fingerprint density at radius 3 is 2.84 bits per heavy atom. The molecule has 2 aliphatic heterocycles. The Bertz CT molecular complexity index is 1080. The fourth-order valence-corrected chi connectivity index (χ4v) is 3.76. The third-order valence-electron chi connectivity index (χ3n) is 5.11. The molecule has 166 valence electrons. The molecular weight excluding hydrogens is 443 g/mol. The number of hydrogen-bond acceptors (Lipinski definition) is 5. The van der Waals surface area contributed by atoms with Crippen LogP contribution < -0.4 is 5.32 Å². The van der Waals surface area contributed by atoms with Gasteiger partial charge in [-0.25, -0.2) is 23.0 Å². The normalized spacial score (nSPS) is 18.5. The molecule has 13 heteroatoms. The molecule has 9 nitrogen and oxygen atoms in total. The van der Waals surface area contributed by atoms with Gasteiger partial charge < -0.3 is 15.3 Å². The van der Waals surface area contributed by atoms with E-state index in [9.17, 15) is 27.9 Å². The number of amides is 3. The minimum atomic E-state index is -1.55. The molecule has 31 heavy (non-hydrogen) atoms. The molecule has 0 bridgehead atoms. The van der Waals surface area contributed by atoms with Crippen molar-refractivity contribution in [3.05, 3.63) is 45.5 Å². The first-order valence-corrected chi connectivity index (χ1v) is 9.62. The summed E-state index contributed by atoms with van der Waals surface area (Å²) >= 11 is 5.42. The third-order valence-corrected chi connectivity index (χ3v) is 5.44. The lowest BCUT2D eigenvalue weighted by molar-refractivity contribution is -0.159. The predicted molar refractivity (Wildman–Crippen MR) is 101 cm³/mol. The summed E-state index contributed by atoms with van der Waals surface area (Å²) in [6.07, 6.45) is -0.358. The summed E-state index contributed by atoms with van der Waals surface area (Å²) in [5.41, 5.74) is 0.710. The van der Waals surface area contributed by atoms with E-state index in [0.717, 1.165) is 5.06 Å². The van der Waals surface area contributed by atoms with Crippen molar-refractivity contribution in [3.8, 4) is 0 Å². The number of urea groups is 1. The number of anilines is 1. The smallest absolute Gasteiger partial charge is 0.322 e. The molecule has 1 aromatic carbocycles. The first kappa shape index (κ1) is 21.4. The second-order valence-electron chi connectivity index (χ2n) is 7.12. The summed E-state index contributed by atoms with van der Waals surface area (Å²) in [5, 5.41) is 16.0. The largest absolute Gasteiger partial charge is 0.393 e. The summed E-state index contributed by atoms with van der Waals surface area (Å²) in [7, 11) is 1.41. The van der Waals surface area contributed by atoms with Gasteiger partial charge in [-0.3, -0.25) is 14.3 Å². The zero-order valence-corrected chi connectivity index (χ0v) is 16.9. The highest BCUT2D eigenvalue weighted by Crippen LogP contribution is 2.30. The quantitative estimate of drug-likeness (QED) is 0.528. The van der Waals surface area contributed by atoms with Crippen LogP contribution in [0, 0.1) is 17.5 Å². The SMILES string of the molecule is CN1O[C@H](CO)Cn2nc3c(c2C1=O)CN(C(=O)Nc1cc(F)c(F)c(Cl)c1F)CC3. The Kier molecular flexibility index (Phi) is 5.54. The molecule has 0 saturated carbocycles. The lowest BCUT2D eigenvalue weighted by Crippen LogP contribution is -2.40. The van der Waals surface area contributed by atoms with Gasteiger partial charge in [-0.05, 0) is 0 Å². The van der Waals surface area contributed by atoms with Crippen LogP contribution >= 0.6 is 11.6 Å². The van der Waals surface area contributed by atoms with Crippen molar-refractivity contribution < 1.29 is 32.7 Å². The number of carbonyl (C=O) groups is 2. The molecule has 0 radical (unpaired) electrons. The van der Waals surface area contributed by atoms with E-state index in [4.69, 9.17) is 16.4 Å². The molecule has 3 heterocycles. The number of halogens is 4. The Morgan fingerprint density at radius 2 is 2.13 bits per heavy atom. The van der Waals surface area contributed by atoms with Crippen molar-refractivity contribution in [1.29, 1.82) is 0 Å². The molecule has 3 amide bonds. The number of rotatable bonds is 2. The molecule has 0 aliphatic carbocycles. The number of benzene rings is 1. The van der Waals surface area contributed by atoms with E-state index < -0.39 is 46.2 Å². The summed E-state index contributed by atoms with van der Waals surface area (Å²) in [4.78, 5) is 32.0. The molecule has 0 fully saturated rings. The van der Waals surface area contributed by atoms with Crippen molar-refractivity contribution in [2.45, 2.75) is 25.6 Å². The average Bonchev–Trinajstić information content (AvgIpc) is 3.05. The van der Waals surface area contributed by atoms with Crippen LogP contribution in [0.1, 0.15) is 21.7 Å². The summed E-state index contributed by atoms with van der Waals surface area (Å²) in [6, 6.07) is -0.286. The van der Waals surface area contributed by atoms with Gasteiger partial charge in [-0.1, -0.05) is 11.6 Å². The number of fused-ring (bicyclic) bond motifs is 3. The number of nitrogens with one attached hydrogen (secondary N) is 1. The molecule has 0 saturated heterocycles. The average molecular weight is 460 g/mol. The van der Waals surface area contributed by atoms with Crippen LogP contribution in [0.2, 0.25) is 5.02 Å².